The molecule has 22 heavy (non-hydrogen) atoms. The Morgan fingerprint density at radius 3 is 2.05 bits per heavy atom. The van der Waals surface area contributed by atoms with Gasteiger partial charge in [-0.25, -0.2) is 9.59 Å². The van der Waals surface area contributed by atoms with Crippen LogP contribution in [0.1, 0.15) is 31.8 Å². The normalized spacial score (nSPS) is 10.7. The Labute approximate surface area is 126 Å². The number of anilines is 2. The van der Waals surface area contributed by atoms with E-state index in [1.807, 2.05) is 30.3 Å². The quantitative estimate of drug-likeness (QED) is 0.507. The van der Waals surface area contributed by atoms with Gasteiger partial charge in [-0.3, -0.25) is 0 Å². The summed E-state index contributed by atoms with van der Waals surface area (Å²) in [5, 5.41) is 18.5. The number of benzene rings is 2. The Kier molecular flexibility index (Phi) is 4.13. The number of hydrogen-bond donors (Lipinski definition) is 4. The summed E-state index contributed by atoms with van der Waals surface area (Å²) in [5.41, 5.74) is 11.2. The number of carboxylic acids is 2. The molecular weight excluding hydrogens is 284 g/mol. The molecule has 0 bridgehead atoms. The molecule has 6 heteroatoms. The second kappa shape index (κ2) is 6.01. The van der Waals surface area contributed by atoms with Crippen molar-refractivity contribution in [3.8, 4) is 0 Å². The Bertz CT molecular complexity index is 767. The lowest BCUT2D eigenvalue weighted by Gasteiger charge is -2.11. The van der Waals surface area contributed by atoms with E-state index in [1.165, 1.54) is 12.1 Å². The molecule has 0 aliphatic carbocycles. The molecule has 2 aromatic carbocycles. The van der Waals surface area contributed by atoms with Crippen LogP contribution < -0.4 is 11.5 Å². The fraction of sp³-hybridized carbons (Fsp3) is 0. The first-order valence-electron chi connectivity index (χ1n) is 6.33. The summed E-state index contributed by atoms with van der Waals surface area (Å²) in [7, 11) is 0. The summed E-state index contributed by atoms with van der Waals surface area (Å²) in [5.74, 6) is -2.81. The van der Waals surface area contributed by atoms with Crippen molar-refractivity contribution < 1.29 is 19.8 Å². The van der Waals surface area contributed by atoms with Crippen LogP contribution in [0.3, 0.4) is 0 Å². The zero-order valence-corrected chi connectivity index (χ0v) is 11.5. The van der Waals surface area contributed by atoms with Crippen LogP contribution in [0.4, 0.5) is 11.4 Å². The first-order valence-corrected chi connectivity index (χ1v) is 6.33. The number of carboxylic acid groups (broad SMARTS) is 2. The Morgan fingerprint density at radius 2 is 1.50 bits per heavy atom. The molecule has 2 rings (SSSR count). The second-order valence-electron chi connectivity index (χ2n) is 4.57. The van der Waals surface area contributed by atoms with Crippen molar-refractivity contribution >= 4 is 35.5 Å². The smallest absolute Gasteiger partial charge is 0.338 e. The highest BCUT2D eigenvalue weighted by atomic mass is 16.4. The molecule has 0 saturated carbocycles. The van der Waals surface area contributed by atoms with Crippen molar-refractivity contribution in [2.24, 2.45) is 0 Å². The highest BCUT2D eigenvalue weighted by molar-refractivity contribution is 6.10. The van der Waals surface area contributed by atoms with Crippen LogP contribution in [-0.4, -0.2) is 22.2 Å². The van der Waals surface area contributed by atoms with Gasteiger partial charge in [-0.2, -0.15) is 0 Å². The van der Waals surface area contributed by atoms with Gasteiger partial charge in [0.05, 0.1) is 22.5 Å². The van der Waals surface area contributed by atoms with Gasteiger partial charge in [0.15, 0.2) is 0 Å². The van der Waals surface area contributed by atoms with Gasteiger partial charge < -0.3 is 21.7 Å². The summed E-state index contributed by atoms with van der Waals surface area (Å²) in [6, 6.07) is 10.5. The summed E-state index contributed by atoms with van der Waals surface area (Å²) < 4.78 is 0. The first-order chi connectivity index (χ1) is 10.4. The largest absolute Gasteiger partial charge is 0.478 e. The molecular formula is C16H14N2O4. The van der Waals surface area contributed by atoms with E-state index in [9.17, 15) is 19.8 Å². The van der Waals surface area contributed by atoms with Crippen molar-refractivity contribution in [1.82, 2.24) is 0 Å². The van der Waals surface area contributed by atoms with Gasteiger partial charge in [-0.1, -0.05) is 42.5 Å². The zero-order chi connectivity index (χ0) is 16.3. The number of aromatic carboxylic acids is 2. The molecule has 0 heterocycles. The third kappa shape index (κ3) is 2.90. The Morgan fingerprint density at radius 1 is 0.909 bits per heavy atom. The van der Waals surface area contributed by atoms with Crippen LogP contribution in [0, 0.1) is 0 Å². The standard InChI is InChI=1S/C16H14N2O4/c17-11-8-10(7-6-9-4-2-1-3-5-9)12(15(19)20)13(14(11)18)16(21)22/h1-8H,17-18H2,(H,19,20)(H,21,22). The van der Waals surface area contributed by atoms with E-state index < -0.39 is 17.5 Å². The van der Waals surface area contributed by atoms with E-state index in [-0.39, 0.29) is 22.5 Å². The molecule has 0 amide bonds. The predicted molar refractivity (Wildman–Crippen MR) is 84.6 cm³/mol. The lowest BCUT2D eigenvalue weighted by molar-refractivity contribution is 0.0652. The number of nitrogen functional groups attached to an aromatic ring is 2. The molecule has 0 fully saturated rings. The maximum Gasteiger partial charge on any atom is 0.338 e. The maximum absolute atomic E-state index is 11.4. The topological polar surface area (TPSA) is 127 Å². The van der Waals surface area contributed by atoms with Gasteiger partial charge in [-0.15, -0.1) is 0 Å². The molecule has 6 N–H and O–H groups in total. The maximum atomic E-state index is 11.4. The van der Waals surface area contributed by atoms with Crippen LogP contribution in [0.2, 0.25) is 0 Å². The molecule has 0 aliphatic rings. The monoisotopic (exact) mass is 298 g/mol. The second-order valence-corrected chi connectivity index (χ2v) is 4.57. The van der Waals surface area contributed by atoms with Crippen LogP contribution >= 0.6 is 0 Å². The van der Waals surface area contributed by atoms with Gasteiger partial charge in [-0.05, 0) is 17.2 Å². The Hall–Kier alpha value is -3.28. The molecule has 0 aliphatic heterocycles. The number of carbonyl (C=O) groups is 2. The van der Waals surface area contributed by atoms with E-state index in [2.05, 4.69) is 0 Å². The van der Waals surface area contributed by atoms with Crippen molar-refractivity contribution in [3.63, 3.8) is 0 Å². The third-order valence-electron chi connectivity index (χ3n) is 3.11. The SMILES string of the molecule is Nc1cc(C=Cc2ccccc2)c(C(=O)O)c(C(=O)O)c1N. The highest BCUT2D eigenvalue weighted by Crippen LogP contribution is 2.29. The Balaban J connectivity index is 2.63. The van der Waals surface area contributed by atoms with Crippen LogP contribution in [0.25, 0.3) is 12.2 Å². The fourth-order valence-electron chi connectivity index (χ4n) is 2.07. The summed E-state index contributed by atoms with van der Waals surface area (Å²) >= 11 is 0. The van der Waals surface area contributed by atoms with Crippen molar-refractivity contribution in [2.75, 3.05) is 11.5 Å². The van der Waals surface area contributed by atoms with E-state index in [1.54, 1.807) is 6.08 Å². The van der Waals surface area contributed by atoms with E-state index in [0.29, 0.717) is 0 Å². The molecule has 112 valence electrons. The molecule has 2 aromatic rings. The van der Waals surface area contributed by atoms with Gasteiger partial charge in [0.2, 0.25) is 0 Å². The first kappa shape index (κ1) is 15.1. The minimum atomic E-state index is -1.43. The minimum absolute atomic E-state index is 0.0233. The summed E-state index contributed by atoms with van der Waals surface area (Å²) in [4.78, 5) is 22.7. The van der Waals surface area contributed by atoms with Gasteiger partial charge in [0, 0.05) is 0 Å². The molecule has 0 saturated heterocycles. The third-order valence-corrected chi connectivity index (χ3v) is 3.11. The van der Waals surface area contributed by atoms with Crippen molar-refractivity contribution in [2.45, 2.75) is 0 Å². The lowest BCUT2D eigenvalue weighted by atomic mass is 9.97. The lowest BCUT2D eigenvalue weighted by Crippen LogP contribution is -2.15. The van der Waals surface area contributed by atoms with Gasteiger partial charge in [0.1, 0.15) is 0 Å². The fourth-order valence-corrected chi connectivity index (χ4v) is 2.07. The molecule has 0 unspecified atom stereocenters. The highest BCUT2D eigenvalue weighted by Gasteiger charge is 2.24. The van der Waals surface area contributed by atoms with Crippen LogP contribution in [-0.2, 0) is 0 Å². The molecule has 0 atom stereocenters. The van der Waals surface area contributed by atoms with Crippen molar-refractivity contribution in [1.29, 1.82) is 0 Å². The summed E-state index contributed by atoms with van der Waals surface area (Å²) in [6.07, 6.45) is 3.17. The average Bonchev–Trinajstić information content (AvgIpc) is 2.48. The molecule has 0 spiro atoms. The summed E-state index contributed by atoms with van der Waals surface area (Å²) in [6.45, 7) is 0. The predicted octanol–water partition coefficient (Wildman–Crippen LogP) is 2.42. The van der Waals surface area contributed by atoms with Crippen LogP contribution in [0.15, 0.2) is 36.4 Å². The van der Waals surface area contributed by atoms with E-state index in [0.717, 1.165) is 5.56 Å². The van der Waals surface area contributed by atoms with Gasteiger partial charge in [0.25, 0.3) is 0 Å². The number of hydrogen-bond acceptors (Lipinski definition) is 4. The van der Waals surface area contributed by atoms with Crippen molar-refractivity contribution in [3.05, 3.63) is 58.7 Å². The number of nitrogens with two attached hydrogens (primary N) is 2. The van der Waals surface area contributed by atoms with Crippen LogP contribution in [0.5, 0.6) is 0 Å². The molecule has 6 nitrogen and oxygen atoms in total. The van der Waals surface area contributed by atoms with Gasteiger partial charge >= 0.3 is 11.9 Å². The average molecular weight is 298 g/mol. The minimum Gasteiger partial charge on any atom is -0.478 e. The zero-order valence-electron chi connectivity index (χ0n) is 11.5. The molecule has 0 aromatic heterocycles. The molecule has 0 radical (unpaired) electrons. The van der Waals surface area contributed by atoms with E-state index >= 15 is 0 Å². The number of rotatable bonds is 4. The van der Waals surface area contributed by atoms with E-state index in [4.69, 9.17) is 11.5 Å².